The number of aromatic amines is 1. The van der Waals surface area contributed by atoms with Crippen LogP contribution < -0.4 is 4.74 Å². The van der Waals surface area contributed by atoms with Crippen LogP contribution in [0.5, 0.6) is 5.75 Å². The van der Waals surface area contributed by atoms with Crippen LogP contribution in [0.2, 0.25) is 0 Å². The van der Waals surface area contributed by atoms with Gasteiger partial charge in [0.15, 0.2) is 4.77 Å². The molecule has 0 bridgehead atoms. The molecule has 2 aromatic carbocycles. The van der Waals surface area contributed by atoms with Crippen LogP contribution in [-0.2, 0) is 0 Å². The molecule has 0 aliphatic rings. The molecule has 0 fully saturated rings. The molecule has 0 spiro atoms. The van der Waals surface area contributed by atoms with Crippen LogP contribution >= 0.6 is 12.2 Å². The topological polar surface area (TPSA) is 29.9 Å². The number of hydrogen-bond donors (Lipinski definition) is 1. The van der Waals surface area contributed by atoms with E-state index in [4.69, 9.17) is 17.0 Å². The van der Waals surface area contributed by atoms with E-state index in [0.717, 1.165) is 22.5 Å². The number of rotatable bonds is 3. The molecule has 96 valence electrons. The smallest absolute Gasteiger partial charge is 0.182 e. The number of benzene rings is 2. The summed E-state index contributed by atoms with van der Waals surface area (Å²) in [4.78, 5) is 3.22. The maximum Gasteiger partial charge on any atom is 0.182 e. The lowest BCUT2D eigenvalue weighted by Gasteiger charge is -2.06. The van der Waals surface area contributed by atoms with E-state index < -0.39 is 0 Å². The van der Waals surface area contributed by atoms with E-state index in [1.807, 2.05) is 60.0 Å². The summed E-state index contributed by atoms with van der Waals surface area (Å²) >= 11 is 5.41. The second-order valence-corrected chi connectivity index (χ2v) is 4.60. The Morgan fingerprint density at radius 2 is 1.95 bits per heavy atom. The maximum absolute atomic E-state index is 5.55. The summed E-state index contributed by atoms with van der Waals surface area (Å²) < 4.78 is 8.26. The van der Waals surface area contributed by atoms with Crippen molar-refractivity contribution < 1.29 is 4.74 Å². The van der Waals surface area contributed by atoms with E-state index in [2.05, 4.69) is 4.98 Å². The quantitative estimate of drug-likeness (QED) is 0.727. The lowest BCUT2D eigenvalue weighted by atomic mass is 10.2. The van der Waals surface area contributed by atoms with E-state index in [1.54, 1.807) is 0 Å². The number of nitrogens with one attached hydrogen (secondary N) is 1. The number of nitrogens with zero attached hydrogens (tertiary/aromatic N) is 1. The summed E-state index contributed by atoms with van der Waals surface area (Å²) in [7, 11) is 0. The first-order chi connectivity index (χ1) is 9.29. The Morgan fingerprint density at radius 3 is 2.68 bits per heavy atom. The van der Waals surface area contributed by atoms with Gasteiger partial charge >= 0.3 is 0 Å². The van der Waals surface area contributed by atoms with Crippen molar-refractivity contribution in [2.45, 2.75) is 6.92 Å². The molecular formula is C15H14N2OS. The molecule has 1 N–H and O–H groups in total. The predicted octanol–water partition coefficient (Wildman–Crippen LogP) is 4.09. The van der Waals surface area contributed by atoms with Crippen molar-refractivity contribution in [1.82, 2.24) is 9.55 Å². The Hall–Kier alpha value is -2.07. The SMILES string of the molecule is CCOc1ccc2[nH]c(=S)n(-c3ccccc3)c2c1. The highest BCUT2D eigenvalue weighted by Crippen LogP contribution is 2.23. The number of para-hydroxylation sites is 1. The van der Waals surface area contributed by atoms with Gasteiger partial charge in [-0.05, 0) is 43.4 Å². The zero-order chi connectivity index (χ0) is 13.2. The first-order valence-electron chi connectivity index (χ1n) is 6.22. The third kappa shape index (κ3) is 2.15. The van der Waals surface area contributed by atoms with Crippen molar-refractivity contribution in [3.8, 4) is 11.4 Å². The highest BCUT2D eigenvalue weighted by molar-refractivity contribution is 7.71. The van der Waals surface area contributed by atoms with Crippen molar-refractivity contribution in [3.05, 3.63) is 53.3 Å². The largest absolute Gasteiger partial charge is 0.494 e. The number of hydrogen-bond acceptors (Lipinski definition) is 2. The van der Waals surface area contributed by atoms with Crippen molar-refractivity contribution in [2.24, 2.45) is 0 Å². The highest BCUT2D eigenvalue weighted by Gasteiger charge is 2.07. The molecule has 0 atom stereocenters. The number of H-pyrrole nitrogens is 1. The lowest BCUT2D eigenvalue weighted by molar-refractivity contribution is 0.340. The normalized spacial score (nSPS) is 10.8. The molecule has 1 aromatic heterocycles. The second-order valence-electron chi connectivity index (χ2n) is 4.21. The van der Waals surface area contributed by atoms with Crippen LogP contribution in [0.25, 0.3) is 16.7 Å². The molecule has 4 heteroatoms. The number of aromatic nitrogens is 2. The third-order valence-electron chi connectivity index (χ3n) is 2.98. The van der Waals surface area contributed by atoms with Gasteiger partial charge in [0.2, 0.25) is 0 Å². The molecule has 19 heavy (non-hydrogen) atoms. The molecule has 0 radical (unpaired) electrons. The van der Waals surface area contributed by atoms with Crippen LogP contribution in [0.4, 0.5) is 0 Å². The van der Waals surface area contributed by atoms with Gasteiger partial charge in [-0.15, -0.1) is 0 Å². The molecule has 1 heterocycles. The van der Waals surface area contributed by atoms with Crippen molar-refractivity contribution >= 4 is 23.3 Å². The zero-order valence-electron chi connectivity index (χ0n) is 10.6. The average Bonchev–Trinajstić information content (AvgIpc) is 2.75. The number of ether oxygens (including phenoxy) is 1. The first kappa shape index (κ1) is 12.0. The molecule has 0 aliphatic carbocycles. The Balaban J connectivity index is 2.26. The van der Waals surface area contributed by atoms with Crippen LogP contribution in [0.15, 0.2) is 48.5 Å². The van der Waals surface area contributed by atoms with Crippen LogP contribution in [0.1, 0.15) is 6.92 Å². The molecule has 0 saturated carbocycles. The Labute approximate surface area is 116 Å². The first-order valence-corrected chi connectivity index (χ1v) is 6.63. The van der Waals surface area contributed by atoms with E-state index >= 15 is 0 Å². The third-order valence-corrected chi connectivity index (χ3v) is 3.26. The van der Waals surface area contributed by atoms with Gasteiger partial charge in [0.25, 0.3) is 0 Å². The predicted molar refractivity (Wildman–Crippen MR) is 79.6 cm³/mol. The van der Waals surface area contributed by atoms with Crippen molar-refractivity contribution in [1.29, 1.82) is 0 Å². The fraction of sp³-hybridized carbons (Fsp3) is 0.133. The van der Waals surface area contributed by atoms with E-state index in [1.165, 1.54) is 0 Å². The average molecular weight is 270 g/mol. The molecule has 0 saturated heterocycles. The Morgan fingerprint density at radius 1 is 1.16 bits per heavy atom. The van der Waals surface area contributed by atoms with Gasteiger partial charge in [-0.1, -0.05) is 18.2 Å². The van der Waals surface area contributed by atoms with Gasteiger partial charge in [-0.2, -0.15) is 0 Å². The van der Waals surface area contributed by atoms with Crippen molar-refractivity contribution in [3.63, 3.8) is 0 Å². The molecule has 0 aliphatic heterocycles. The summed E-state index contributed by atoms with van der Waals surface area (Å²) in [5, 5.41) is 0. The number of imidazole rings is 1. The van der Waals surface area contributed by atoms with E-state index in [9.17, 15) is 0 Å². The molecule has 3 rings (SSSR count). The summed E-state index contributed by atoms with van der Waals surface area (Å²) in [6.45, 7) is 2.63. The molecular weight excluding hydrogens is 256 g/mol. The highest BCUT2D eigenvalue weighted by atomic mass is 32.1. The van der Waals surface area contributed by atoms with Crippen LogP contribution in [0, 0.1) is 4.77 Å². The summed E-state index contributed by atoms with van der Waals surface area (Å²) in [6.07, 6.45) is 0. The zero-order valence-corrected chi connectivity index (χ0v) is 11.4. The minimum atomic E-state index is 0.655. The van der Waals surface area contributed by atoms with Crippen molar-refractivity contribution in [2.75, 3.05) is 6.61 Å². The van der Waals surface area contributed by atoms with Crippen LogP contribution in [0.3, 0.4) is 0 Å². The molecule has 3 aromatic rings. The second kappa shape index (κ2) is 4.90. The minimum Gasteiger partial charge on any atom is -0.494 e. The molecule has 0 unspecified atom stereocenters. The fourth-order valence-corrected chi connectivity index (χ4v) is 2.49. The standard InChI is InChI=1S/C15H14N2OS/c1-2-18-12-8-9-13-14(10-12)17(15(19)16-13)11-6-4-3-5-7-11/h3-10H,2H2,1H3,(H,16,19). The van der Waals surface area contributed by atoms with E-state index in [0.29, 0.717) is 11.4 Å². The minimum absolute atomic E-state index is 0.655. The summed E-state index contributed by atoms with van der Waals surface area (Å²) in [5.41, 5.74) is 3.09. The van der Waals surface area contributed by atoms with E-state index in [-0.39, 0.29) is 0 Å². The Kier molecular flexibility index (Phi) is 3.09. The van der Waals surface area contributed by atoms with Gasteiger partial charge in [0, 0.05) is 11.8 Å². The van der Waals surface area contributed by atoms with Gasteiger partial charge in [0.05, 0.1) is 17.6 Å². The maximum atomic E-state index is 5.55. The number of fused-ring (bicyclic) bond motifs is 1. The van der Waals surface area contributed by atoms with Gasteiger partial charge in [-0.25, -0.2) is 0 Å². The Bertz CT molecular complexity index is 759. The van der Waals surface area contributed by atoms with Gasteiger partial charge in [-0.3, -0.25) is 4.57 Å². The van der Waals surface area contributed by atoms with Gasteiger partial charge in [0.1, 0.15) is 5.75 Å². The summed E-state index contributed by atoms with van der Waals surface area (Å²) in [6, 6.07) is 16.0. The fourth-order valence-electron chi connectivity index (χ4n) is 2.17. The molecule has 0 amide bonds. The van der Waals surface area contributed by atoms with Gasteiger partial charge < -0.3 is 9.72 Å². The summed E-state index contributed by atoms with van der Waals surface area (Å²) in [5.74, 6) is 0.855. The monoisotopic (exact) mass is 270 g/mol. The van der Waals surface area contributed by atoms with Crippen LogP contribution in [-0.4, -0.2) is 16.2 Å². The lowest BCUT2D eigenvalue weighted by Crippen LogP contribution is -1.95. The molecule has 3 nitrogen and oxygen atoms in total.